The summed E-state index contributed by atoms with van der Waals surface area (Å²) in [5, 5.41) is 10.2. The Kier molecular flexibility index (Phi) is 5.06. The van der Waals surface area contributed by atoms with E-state index in [1.807, 2.05) is 6.92 Å². The Morgan fingerprint density at radius 1 is 1.17 bits per heavy atom. The van der Waals surface area contributed by atoms with Crippen LogP contribution in [0.5, 0.6) is 0 Å². The van der Waals surface area contributed by atoms with Gasteiger partial charge in [0.25, 0.3) is 0 Å². The highest BCUT2D eigenvalue weighted by Gasteiger charge is 2.75. The third kappa shape index (κ3) is 3.03. The van der Waals surface area contributed by atoms with Crippen molar-refractivity contribution in [1.82, 2.24) is 0 Å². The van der Waals surface area contributed by atoms with Crippen LogP contribution in [0.15, 0.2) is 0 Å². The van der Waals surface area contributed by atoms with Crippen LogP contribution in [0.4, 0.5) is 0 Å². The van der Waals surface area contributed by atoms with E-state index >= 15 is 0 Å². The second-order valence-corrected chi connectivity index (χ2v) is 11.3. The number of epoxide rings is 1. The van der Waals surface area contributed by atoms with Gasteiger partial charge in [-0.15, -0.1) is 0 Å². The predicted octanol–water partition coefficient (Wildman–Crippen LogP) is 4.73. The van der Waals surface area contributed by atoms with Gasteiger partial charge in [0.2, 0.25) is 0 Å². The molecule has 0 aromatic carbocycles. The summed E-state index contributed by atoms with van der Waals surface area (Å²) in [7, 11) is 0. The minimum atomic E-state index is -0.0689. The number of fused-ring (bicyclic) bond motifs is 4. The molecular formula is C25H40O4. The molecule has 1 aliphatic heterocycles. The highest BCUT2D eigenvalue weighted by atomic mass is 16.6. The van der Waals surface area contributed by atoms with E-state index < -0.39 is 0 Å². The Labute approximate surface area is 176 Å². The summed E-state index contributed by atoms with van der Waals surface area (Å²) < 4.78 is 11.8. The van der Waals surface area contributed by atoms with E-state index in [0.29, 0.717) is 42.3 Å². The number of carbonyl (C=O) groups excluding carboxylic acids is 1. The molecule has 5 fully saturated rings. The van der Waals surface area contributed by atoms with Crippen molar-refractivity contribution in [3.63, 3.8) is 0 Å². The summed E-state index contributed by atoms with van der Waals surface area (Å²) in [6, 6.07) is 0. The average Bonchev–Trinajstić information content (AvgIpc) is 3.29. The van der Waals surface area contributed by atoms with Crippen molar-refractivity contribution in [2.75, 3.05) is 6.61 Å². The molecule has 29 heavy (non-hydrogen) atoms. The van der Waals surface area contributed by atoms with Crippen molar-refractivity contribution in [1.29, 1.82) is 0 Å². The topological polar surface area (TPSA) is 59.1 Å². The van der Waals surface area contributed by atoms with Gasteiger partial charge < -0.3 is 14.6 Å². The molecule has 0 bridgehead atoms. The first kappa shape index (κ1) is 20.3. The maximum Gasteiger partial charge on any atom is 0.305 e. The smallest absolute Gasteiger partial charge is 0.305 e. The van der Waals surface area contributed by atoms with Gasteiger partial charge in [0.15, 0.2) is 0 Å². The zero-order valence-electron chi connectivity index (χ0n) is 18.6. The Bertz CT molecular complexity index is 649. The van der Waals surface area contributed by atoms with Crippen LogP contribution in [0.1, 0.15) is 85.0 Å². The van der Waals surface area contributed by atoms with E-state index in [1.165, 1.54) is 38.5 Å². The number of rotatable bonds is 5. The first-order valence-electron chi connectivity index (χ1n) is 12.4. The van der Waals surface area contributed by atoms with Crippen LogP contribution in [-0.2, 0) is 14.3 Å². The molecule has 1 unspecified atom stereocenters. The number of aliphatic hydroxyl groups is 1. The molecule has 1 heterocycles. The largest absolute Gasteiger partial charge is 0.466 e. The lowest BCUT2D eigenvalue weighted by atomic mass is 9.46. The van der Waals surface area contributed by atoms with Crippen molar-refractivity contribution in [2.45, 2.75) is 103 Å². The number of carbonyl (C=O) groups is 1. The second kappa shape index (κ2) is 7.22. The summed E-state index contributed by atoms with van der Waals surface area (Å²) in [6.07, 6.45) is 11.5. The summed E-state index contributed by atoms with van der Waals surface area (Å²) in [5.41, 5.74) is 0.542. The summed E-state index contributed by atoms with van der Waals surface area (Å²) in [6.45, 7) is 7.25. The average molecular weight is 405 g/mol. The lowest BCUT2D eigenvalue weighted by Crippen LogP contribution is -2.54. The van der Waals surface area contributed by atoms with Crippen molar-refractivity contribution in [3.05, 3.63) is 0 Å². The molecule has 0 aromatic rings. The first-order valence-corrected chi connectivity index (χ1v) is 12.4. The normalized spacial score (nSPS) is 51.2. The fraction of sp³-hybridized carbons (Fsp3) is 0.960. The van der Waals surface area contributed by atoms with Crippen LogP contribution in [-0.4, -0.2) is 35.5 Å². The van der Waals surface area contributed by atoms with Crippen LogP contribution in [0, 0.1) is 40.9 Å². The SMILES string of the molecule is CCOC(=O)CC[C@@H](C)[C@H]1CC[C@H]2[C@@H]3CCC4C[C@@H](O)CC[C@]4(C)[C@H]3C[C@H]3O[C@]132. The number of aliphatic hydroxyl groups excluding tert-OH is 1. The van der Waals surface area contributed by atoms with Crippen molar-refractivity contribution in [3.8, 4) is 0 Å². The maximum absolute atomic E-state index is 11.8. The molecule has 0 aromatic heterocycles. The highest BCUT2D eigenvalue weighted by Crippen LogP contribution is 2.72. The quantitative estimate of drug-likeness (QED) is 0.532. The van der Waals surface area contributed by atoms with Crippen molar-refractivity contribution >= 4 is 5.97 Å². The van der Waals surface area contributed by atoms with E-state index in [4.69, 9.17) is 9.47 Å². The molecule has 1 saturated heterocycles. The van der Waals surface area contributed by atoms with Gasteiger partial charge >= 0.3 is 5.97 Å². The molecule has 5 aliphatic rings. The molecule has 0 amide bonds. The molecular weight excluding hydrogens is 364 g/mol. The summed E-state index contributed by atoms with van der Waals surface area (Å²) >= 11 is 0. The van der Waals surface area contributed by atoms with Crippen LogP contribution in [0.3, 0.4) is 0 Å². The van der Waals surface area contributed by atoms with Gasteiger partial charge in [-0.1, -0.05) is 13.8 Å². The molecule has 164 valence electrons. The lowest BCUT2D eigenvalue weighted by molar-refractivity contribution is -0.143. The van der Waals surface area contributed by atoms with Crippen LogP contribution < -0.4 is 0 Å². The van der Waals surface area contributed by atoms with Gasteiger partial charge in [0.05, 0.1) is 18.8 Å². The molecule has 4 heteroatoms. The molecule has 10 atom stereocenters. The minimum Gasteiger partial charge on any atom is -0.466 e. The van der Waals surface area contributed by atoms with Gasteiger partial charge in [0.1, 0.15) is 5.60 Å². The van der Waals surface area contributed by atoms with Gasteiger partial charge in [0, 0.05) is 6.42 Å². The van der Waals surface area contributed by atoms with E-state index in [0.717, 1.165) is 37.0 Å². The van der Waals surface area contributed by atoms with Gasteiger partial charge in [-0.2, -0.15) is 0 Å². The van der Waals surface area contributed by atoms with Gasteiger partial charge in [-0.3, -0.25) is 4.79 Å². The molecule has 4 aliphatic carbocycles. The van der Waals surface area contributed by atoms with E-state index in [2.05, 4.69) is 13.8 Å². The van der Waals surface area contributed by atoms with E-state index in [-0.39, 0.29) is 17.7 Å². The van der Waals surface area contributed by atoms with E-state index in [1.54, 1.807) is 0 Å². The molecule has 0 radical (unpaired) electrons. The third-order valence-corrected chi connectivity index (χ3v) is 10.2. The standard InChI is InChI=1S/C25H40O4/c1-4-28-23(27)10-5-15(2)19-8-9-20-18-7-6-16-13-17(26)11-12-24(16,3)21(18)14-22-25(19,20)29-22/h15-22,26H,4-14H2,1-3H3/t15-,16?,17+,18+,19-,20+,21+,22-,24+,25+/m1/s1. The first-order chi connectivity index (χ1) is 13.9. The third-order valence-electron chi connectivity index (χ3n) is 10.2. The lowest BCUT2D eigenvalue weighted by Gasteiger charge is -2.58. The zero-order chi connectivity index (χ0) is 20.4. The molecule has 1 N–H and O–H groups in total. The number of hydrogen-bond donors (Lipinski definition) is 1. The van der Waals surface area contributed by atoms with Crippen LogP contribution >= 0.6 is 0 Å². The highest BCUT2D eigenvalue weighted by molar-refractivity contribution is 5.69. The Morgan fingerprint density at radius 3 is 2.79 bits per heavy atom. The fourth-order valence-corrected chi connectivity index (χ4v) is 8.81. The monoisotopic (exact) mass is 404 g/mol. The second-order valence-electron chi connectivity index (χ2n) is 11.3. The van der Waals surface area contributed by atoms with E-state index in [9.17, 15) is 9.90 Å². The minimum absolute atomic E-state index is 0.0471. The Morgan fingerprint density at radius 2 is 2.00 bits per heavy atom. The molecule has 1 spiro atoms. The Hall–Kier alpha value is -0.610. The van der Waals surface area contributed by atoms with Crippen LogP contribution in [0.2, 0.25) is 0 Å². The van der Waals surface area contributed by atoms with Gasteiger partial charge in [-0.25, -0.2) is 0 Å². The Balaban J connectivity index is 1.30. The van der Waals surface area contributed by atoms with Gasteiger partial charge in [-0.05, 0) is 106 Å². The number of esters is 1. The number of hydrogen-bond acceptors (Lipinski definition) is 4. The predicted molar refractivity (Wildman–Crippen MR) is 111 cm³/mol. The number of ether oxygens (including phenoxy) is 2. The fourth-order valence-electron chi connectivity index (χ4n) is 8.81. The molecule has 5 rings (SSSR count). The van der Waals surface area contributed by atoms with Crippen LogP contribution in [0.25, 0.3) is 0 Å². The summed E-state index contributed by atoms with van der Waals surface area (Å²) in [5.74, 6) is 4.13. The maximum atomic E-state index is 11.8. The van der Waals surface area contributed by atoms with Crippen molar-refractivity contribution in [2.24, 2.45) is 40.9 Å². The molecule has 4 saturated carbocycles. The molecule has 4 nitrogen and oxygen atoms in total. The summed E-state index contributed by atoms with van der Waals surface area (Å²) in [4.78, 5) is 11.8. The van der Waals surface area contributed by atoms with Crippen molar-refractivity contribution < 1.29 is 19.4 Å². The zero-order valence-corrected chi connectivity index (χ0v) is 18.6.